The van der Waals surface area contributed by atoms with Crippen LogP contribution >= 0.6 is 23.2 Å². The van der Waals surface area contributed by atoms with Crippen molar-refractivity contribution >= 4 is 41.0 Å². The van der Waals surface area contributed by atoms with Gasteiger partial charge in [-0.15, -0.1) is 0 Å². The number of hydrogen-bond donors (Lipinski definition) is 1. The van der Waals surface area contributed by atoms with Gasteiger partial charge in [-0.1, -0.05) is 29.3 Å². The Morgan fingerprint density at radius 2 is 2.04 bits per heavy atom. The molecule has 0 radical (unpaired) electrons. The van der Waals surface area contributed by atoms with Gasteiger partial charge in [0.05, 0.1) is 22.8 Å². The average Bonchev–Trinajstić information content (AvgIpc) is 2.54. The highest BCUT2D eigenvalue weighted by atomic mass is 35.5. The first-order chi connectivity index (χ1) is 11.0. The summed E-state index contributed by atoms with van der Waals surface area (Å²) in [5.41, 5.74) is 6.38. The van der Waals surface area contributed by atoms with E-state index in [2.05, 4.69) is 4.99 Å². The van der Waals surface area contributed by atoms with Crippen LogP contribution in [-0.2, 0) is 4.79 Å². The summed E-state index contributed by atoms with van der Waals surface area (Å²) in [5.74, 6) is 0.283. The van der Waals surface area contributed by atoms with Crippen LogP contribution in [0.1, 0.15) is 5.56 Å². The summed E-state index contributed by atoms with van der Waals surface area (Å²) in [4.78, 5) is 15.2. The van der Waals surface area contributed by atoms with Crippen LogP contribution in [0.25, 0.3) is 0 Å². The molecule has 0 fully saturated rings. The first kappa shape index (κ1) is 17.1. The number of methoxy groups -OCH3 is 1. The van der Waals surface area contributed by atoms with Crippen molar-refractivity contribution < 1.29 is 14.3 Å². The Morgan fingerprint density at radius 3 is 2.70 bits per heavy atom. The number of hydrogen-bond acceptors (Lipinski definition) is 4. The van der Waals surface area contributed by atoms with Gasteiger partial charge < -0.3 is 15.2 Å². The van der Waals surface area contributed by atoms with E-state index in [0.717, 1.165) is 0 Å². The summed E-state index contributed by atoms with van der Waals surface area (Å²) in [5, 5.41) is 0.870. The van der Waals surface area contributed by atoms with Gasteiger partial charge in [-0.3, -0.25) is 9.79 Å². The number of rotatable bonds is 6. The molecule has 0 saturated heterocycles. The summed E-state index contributed by atoms with van der Waals surface area (Å²) in [6.45, 7) is -0.256. The van der Waals surface area contributed by atoms with Crippen molar-refractivity contribution in [1.82, 2.24) is 0 Å². The lowest BCUT2D eigenvalue weighted by Gasteiger charge is -2.11. The molecule has 2 aromatic rings. The van der Waals surface area contributed by atoms with E-state index in [-0.39, 0.29) is 6.61 Å². The second kappa shape index (κ2) is 7.85. The number of carbonyl (C=O) groups is 1. The van der Waals surface area contributed by atoms with Crippen LogP contribution in [0.2, 0.25) is 10.0 Å². The first-order valence-electron chi connectivity index (χ1n) is 6.58. The maximum atomic E-state index is 10.9. The number of amides is 1. The molecule has 0 saturated carbocycles. The average molecular weight is 353 g/mol. The van der Waals surface area contributed by atoms with Crippen LogP contribution in [-0.4, -0.2) is 25.8 Å². The molecule has 7 heteroatoms. The topological polar surface area (TPSA) is 73.9 Å². The van der Waals surface area contributed by atoms with Crippen molar-refractivity contribution in [2.24, 2.45) is 10.7 Å². The molecule has 0 aromatic heterocycles. The van der Waals surface area contributed by atoms with Crippen molar-refractivity contribution in [3.8, 4) is 11.5 Å². The van der Waals surface area contributed by atoms with Crippen molar-refractivity contribution in [3.05, 3.63) is 52.0 Å². The van der Waals surface area contributed by atoms with E-state index in [1.54, 1.807) is 42.6 Å². The molecule has 2 aromatic carbocycles. The first-order valence-corrected chi connectivity index (χ1v) is 7.34. The molecule has 5 nitrogen and oxygen atoms in total. The number of ether oxygens (including phenoxy) is 2. The molecule has 0 atom stereocenters. The number of benzene rings is 2. The van der Waals surface area contributed by atoms with E-state index in [1.807, 2.05) is 0 Å². The molecule has 2 N–H and O–H groups in total. The monoisotopic (exact) mass is 352 g/mol. The zero-order valence-corrected chi connectivity index (χ0v) is 13.8. The second-order valence-electron chi connectivity index (χ2n) is 4.49. The van der Waals surface area contributed by atoms with Crippen molar-refractivity contribution in [3.63, 3.8) is 0 Å². The molecule has 1 amide bonds. The highest BCUT2D eigenvalue weighted by Gasteiger charge is 2.10. The van der Waals surface area contributed by atoms with Gasteiger partial charge in [-0.05, 0) is 30.3 Å². The number of carbonyl (C=O) groups excluding carboxylic acids is 1. The third kappa shape index (κ3) is 4.61. The van der Waals surface area contributed by atoms with Gasteiger partial charge in [-0.2, -0.15) is 0 Å². The van der Waals surface area contributed by atoms with Crippen LogP contribution in [0.4, 0.5) is 5.69 Å². The van der Waals surface area contributed by atoms with Gasteiger partial charge in [0.15, 0.2) is 18.1 Å². The van der Waals surface area contributed by atoms with Gasteiger partial charge in [0.2, 0.25) is 0 Å². The Morgan fingerprint density at radius 1 is 1.26 bits per heavy atom. The van der Waals surface area contributed by atoms with Crippen molar-refractivity contribution in [2.45, 2.75) is 0 Å². The van der Waals surface area contributed by atoms with Crippen LogP contribution in [0.5, 0.6) is 11.5 Å². The van der Waals surface area contributed by atoms with Gasteiger partial charge in [-0.25, -0.2) is 0 Å². The molecule has 2 rings (SSSR count). The Hall–Kier alpha value is -2.24. The fourth-order valence-corrected chi connectivity index (χ4v) is 2.09. The Bertz CT molecular complexity index is 748. The van der Waals surface area contributed by atoms with Crippen molar-refractivity contribution in [1.29, 1.82) is 0 Å². The molecule has 120 valence electrons. The number of halogens is 2. The van der Waals surface area contributed by atoms with Gasteiger partial charge >= 0.3 is 0 Å². The molecule has 0 heterocycles. The lowest BCUT2D eigenvalue weighted by molar-refractivity contribution is -0.119. The zero-order chi connectivity index (χ0) is 16.8. The van der Waals surface area contributed by atoms with Crippen LogP contribution < -0.4 is 15.2 Å². The van der Waals surface area contributed by atoms with Crippen LogP contribution in [0.3, 0.4) is 0 Å². The Kier molecular flexibility index (Phi) is 5.84. The van der Waals surface area contributed by atoms with Crippen LogP contribution in [0, 0.1) is 0 Å². The lowest BCUT2D eigenvalue weighted by atomic mass is 10.2. The molecular weight excluding hydrogens is 339 g/mol. The lowest BCUT2D eigenvalue weighted by Crippen LogP contribution is -2.20. The van der Waals surface area contributed by atoms with Gasteiger partial charge in [0.25, 0.3) is 5.91 Å². The van der Waals surface area contributed by atoms with Crippen LogP contribution in [0.15, 0.2) is 41.4 Å². The van der Waals surface area contributed by atoms with Gasteiger partial charge in [0.1, 0.15) is 0 Å². The minimum Gasteiger partial charge on any atom is -0.493 e. The van der Waals surface area contributed by atoms with E-state index in [9.17, 15) is 4.79 Å². The predicted molar refractivity (Wildman–Crippen MR) is 91.4 cm³/mol. The van der Waals surface area contributed by atoms with Gasteiger partial charge in [0, 0.05) is 11.8 Å². The summed E-state index contributed by atoms with van der Waals surface area (Å²) in [6, 6.07) is 10.3. The highest BCUT2D eigenvalue weighted by molar-refractivity contribution is 6.42. The second-order valence-corrected chi connectivity index (χ2v) is 5.30. The van der Waals surface area contributed by atoms with E-state index >= 15 is 0 Å². The summed E-state index contributed by atoms with van der Waals surface area (Å²) in [6.07, 6.45) is 1.58. The number of para-hydroxylation sites is 1. The fourth-order valence-electron chi connectivity index (χ4n) is 1.80. The zero-order valence-electron chi connectivity index (χ0n) is 12.3. The number of primary amides is 1. The number of aliphatic imine (C=N–C) groups is 1. The maximum Gasteiger partial charge on any atom is 0.255 e. The molecule has 0 aliphatic rings. The minimum atomic E-state index is -0.580. The maximum absolute atomic E-state index is 10.9. The molecule has 0 spiro atoms. The van der Waals surface area contributed by atoms with E-state index in [0.29, 0.717) is 32.8 Å². The molecule has 23 heavy (non-hydrogen) atoms. The highest BCUT2D eigenvalue weighted by Crippen LogP contribution is 2.31. The van der Waals surface area contributed by atoms with E-state index in [1.165, 1.54) is 7.11 Å². The predicted octanol–water partition coefficient (Wildman–Crippen LogP) is 3.62. The Labute approximate surface area is 143 Å². The molecule has 0 unspecified atom stereocenters. The fraction of sp³-hybridized carbons (Fsp3) is 0.125. The standard InChI is InChI=1S/C16H14Cl2N2O3/c1-22-14-4-2-3-10(16(14)23-9-15(19)21)8-20-11-5-6-12(17)13(18)7-11/h2-8H,9H2,1H3,(H2,19,21). The quantitative estimate of drug-likeness (QED) is 0.806. The van der Waals surface area contributed by atoms with E-state index < -0.39 is 5.91 Å². The largest absolute Gasteiger partial charge is 0.493 e. The SMILES string of the molecule is COc1cccc(C=Nc2ccc(Cl)c(Cl)c2)c1OCC(N)=O. The molecule has 0 aliphatic heterocycles. The minimum absolute atomic E-state index is 0.256. The molecule has 0 aliphatic carbocycles. The molecular formula is C16H14Cl2N2O3. The normalized spacial score (nSPS) is 10.7. The van der Waals surface area contributed by atoms with Crippen molar-refractivity contribution in [2.75, 3.05) is 13.7 Å². The summed E-state index contributed by atoms with van der Waals surface area (Å²) < 4.78 is 10.6. The smallest absolute Gasteiger partial charge is 0.255 e. The molecule has 0 bridgehead atoms. The third-order valence-corrected chi connectivity index (χ3v) is 3.58. The van der Waals surface area contributed by atoms with E-state index in [4.69, 9.17) is 38.4 Å². The summed E-state index contributed by atoms with van der Waals surface area (Å²) in [7, 11) is 1.51. The third-order valence-electron chi connectivity index (χ3n) is 2.84. The number of nitrogens with two attached hydrogens (primary N) is 1. The summed E-state index contributed by atoms with van der Waals surface area (Å²) >= 11 is 11.8. The Balaban J connectivity index is 2.32. The number of nitrogens with zero attached hydrogens (tertiary/aromatic N) is 1.